The minimum Gasteiger partial charge on any atom is -0.339 e. The average Bonchev–Trinajstić information content (AvgIpc) is 3.49. The van der Waals surface area contributed by atoms with Crippen molar-refractivity contribution in [2.75, 3.05) is 0 Å². The van der Waals surface area contributed by atoms with Gasteiger partial charge in [-0.3, -0.25) is 14.5 Å². The zero-order valence-electron chi connectivity index (χ0n) is 20.0. The molecule has 2 aromatic carbocycles. The Hall–Kier alpha value is -3.30. The summed E-state index contributed by atoms with van der Waals surface area (Å²) in [6.07, 6.45) is 5.83. The van der Waals surface area contributed by atoms with Crippen LogP contribution in [0.2, 0.25) is 0 Å². The molecule has 186 valence electrons. The Balaban J connectivity index is 1.31. The highest BCUT2D eigenvalue weighted by Crippen LogP contribution is 2.50. The summed E-state index contributed by atoms with van der Waals surface area (Å²) in [4.78, 5) is 31.5. The standard InChI is InChI=1S/C27H28N4O4S/c1-30-15-25(28-16-30)36(34,35)29-14-18-7-8-19-9-10-24(31-26(32)22-13-23(22)27(31)33)21(20(19)12-18)11-17-5-3-2-4-6-17/h2-8,12,15-16,21-24,29H,9-11,13-14H2,1H3. The molecule has 2 heterocycles. The summed E-state index contributed by atoms with van der Waals surface area (Å²) < 4.78 is 29.6. The van der Waals surface area contributed by atoms with Gasteiger partial charge in [0.2, 0.25) is 11.8 Å². The number of imide groups is 1. The predicted octanol–water partition coefficient (Wildman–Crippen LogP) is 2.54. The number of fused-ring (bicyclic) bond motifs is 2. The molecular weight excluding hydrogens is 476 g/mol. The highest BCUT2D eigenvalue weighted by atomic mass is 32.2. The number of benzene rings is 2. The largest absolute Gasteiger partial charge is 0.339 e. The van der Waals surface area contributed by atoms with Crippen LogP contribution in [0.3, 0.4) is 0 Å². The number of carbonyl (C=O) groups excluding carboxylic acids is 2. The fraction of sp³-hybridized carbons (Fsp3) is 0.370. The molecule has 1 saturated heterocycles. The van der Waals surface area contributed by atoms with E-state index in [1.807, 2.05) is 30.3 Å². The number of hydrogen-bond donors (Lipinski definition) is 1. The Labute approximate surface area is 210 Å². The Morgan fingerprint density at radius 2 is 1.78 bits per heavy atom. The van der Waals surface area contributed by atoms with E-state index in [0.717, 1.165) is 29.5 Å². The van der Waals surface area contributed by atoms with Crippen LogP contribution in [0.5, 0.6) is 0 Å². The molecule has 0 bridgehead atoms. The summed E-state index contributed by atoms with van der Waals surface area (Å²) in [5.74, 6) is -0.326. The molecule has 1 aliphatic heterocycles. The number of nitrogens with zero attached hydrogens (tertiary/aromatic N) is 3. The number of nitrogens with one attached hydrogen (secondary N) is 1. The maximum absolute atomic E-state index is 13.0. The van der Waals surface area contributed by atoms with Gasteiger partial charge in [0.15, 0.2) is 5.03 Å². The SMILES string of the molecule is Cn1cnc(S(=O)(=O)NCc2ccc3c(c2)C(Cc2ccccc2)C(N2C(=O)C4CC4C2=O)CC3)c1. The maximum atomic E-state index is 13.0. The van der Waals surface area contributed by atoms with E-state index in [-0.39, 0.29) is 47.2 Å². The molecule has 2 fully saturated rings. The molecule has 36 heavy (non-hydrogen) atoms. The molecular formula is C27H28N4O4S. The predicted molar refractivity (Wildman–Crippen MR) is 132 cm³/mol. The normalized spacial score (nSPS) is 25.1. The van der Waals surface area contributed by atoms with Crippen molar-refractivity contribution >= 4 is 21.8 Å². The second-order valence-electron chi connectivity index (χ2n) is 10.1. The number of imidazole rings is 1. The highest BCUT2D eigenvalue weighted by molar-refractivity contribution is 7.89. The van der Waals surface area contributed by atoms with Crippen LogP contribution < -0.4 is 4.72 Å². The number of sulfonamides is 1. The third-order valence-electron chi connectivity index (χ3n) is 7.74. The monoisotopic (exact) mass is 504 g/mol. The minimum absolute atomic E-state index is 0.0178. The number of likely N-dealkylation sites (tertiary alicyclic amines) is 1. The molecule has 8 nitrogen and oxygen atoms in total. The summed E-state index contributed by atoms with van der Waals surface area (Å²) in [5, 5.41) is -0.0189. The molecule has 1 N–H and O–H groups in total. The lowest BCUT2D eigenvalue weighted by atomic mass is 9.75. The van der Waals surface area contributed by atoms with Crippen LogP contribution in [-0.2, 0) is 46.0 Å². The van der Waals surface area contributed by atoms with Crippen molar-refractivity contribution in [3.63, 3.8) is 0 Å². The van der Waals surface area contributed by atoms with E-state index >= 15 is 0 Å². The Morgan fingerprint density at radius 3 is 2.47 bits per heavy atom. The lowest BCUT2D eigenvalue weighted by molar-refractivity contribution is -0.145. The summed E-state index contributed by atoms with van der Waals surface area (Å²) in [5.41, 5.74) is 4.25. The van der Waals surface area contributed by atoms with Gasteiger partial charge in [-0.15, -0.1) is 0 Å². The van der Waals surface area contributed by atoms with Gasteiger partial charge in [0.1, 0.15) is 0 Å². The highest BCUT2D eigenvalue weighted by Gasteiger charge is 2.61. The second-order valence-corrected chi connectivity index (χ2v) is 11.8. The third kappa shape index (κ3) is 4.06. The molecule has 1 saturated carbocycles. The number of hydrogen-bond acceptors (Lipinski definition) is 5. The summed E-state index contributed by atoms with van der Waals surface area (Å²) in [6.45, 7) is 0.126. The van der Waals surface area contributed by atoms with Crippen LogP contribution in [0.15, 0.2) is 66.1 Å². The lowest BCUT2D eigenvalue weighted by Gasteiger charge is -2.39. The lowest BCUT2D eigenvalue weighted by Crippen LogP contribution is -2.47. The quantitative estimate of drug-likeness (QED) is 0.499. The summed E-state index contributed by atoms with van der Waals surface area (Å²) in [7, 11) is -2.02. The first-order valence-electron chi connectivity index (χ1n) is 12.3. The van der Waals surface area contributed by atoms with E-state index < -0.39 is 10.0 Å². The Morgan fingerprint density at radius 1 is 1.03 bits per heavy atom. The molecule has 2 aliphatic carbocycles. The van der Waals surface area contributed by atoms with Crippen molar-refractivity contribution in [2.24, 2.45) is 18.9 Å². The molecule has 6 rings (SSSR count). The van der Waals surface area contributed by atoms with E-state index in [4.69, 9.17) is 0 Å². The smallest absolute Gasteiger partial charge is 0.259 e. The number of aromatic nitrogens is 2. The van der Waals surface area contributed by atoms with Gasteiger partial charge in [-0.1, -0.05) is 48.5 Å². The van der Waals surface area contributed by atoms with Gasteiger partial charge in [-0.2, -0.15) is 0 Å². The number of carbonyl (C=O) groups is 2. The average molecular weight is 505 g/mol. The number of amides is 2. The summed E-state index contributed by atoms with van der Waals surface area (Å²) in [6, 6.07) is 16.0. The van der Waals surface area contributed by atoms with Crippen molar-refractivity contribution in [3.05, 3.63) is 83.3 Å². The van der Waals surface area contributed by atoms with E-state index in [9.17, 15) is 18.0 Å². The molecule has 4 unspecified atom stereocenters. The van der Waals surface area contributed by atoms with Crippen LogP contribution in [0.1, 0.15) is 41.0 Å². The van der Waals surface area contributed by atoms with Gasteiger partial charge in [0.05, 0.1) is 18.2 Å². The number of piperidine rings is 1. The van der Waals surface area contributed by atoms with Crippen LogP contribution in [0, 0.1) is 11.8 Å². The van der Waals surface area contributed by atoms with Gasteiger partial charge < -0.3 is 4.57 Å². The molecule has 0 spiro atoms. The minimum atomic E-state index is -3.74. The Bertz CT molecular complexity index is 1430. The zero-order valence-corrected chi connectivity index (χ0v) is 20.8. The first-order valence-corrected chi connectivity index (χ1v) is 13.8. The molecule has 0 radical (unpaired) electrons. The van der Waals surface area contributed by atoms with Gasteiger partial charge in [0, 0.05) is 31.7 Å². The van der Waals surface area contributed by atoms with Crippen molar-refractivity contribution < 1.29 is 18.0 Å². The molecule has 1 aromatic heterocycles. The topological polar surface area (TPSA) is 101 Å². The maximum Gasteiger partial charge on any atom is 0.259 e. The number of rotatable bonds is 7. The molecule has 3 aromatic rings. The van der Waals surface area contributed by atoms with Crippen molar-refractivity contribution in [3.8, 4) is 0 Å². The van der Waals surface area contributed by atoms with Crippen molar-refractivity contribution in [1.82, 2.24) is 19.2 Å². The van der Waals surface area contributed by atoms with Crippen LogP contribution in [-0.4, -0.2) is 40.7 Å². The molecule has 9 heteroatoms. The Kier molecular flexibility index (Phi) is 5.57. The fourth-order valence-electron chi connectivity index (χ4n) is 5.78. The van der Waals surface area contributed by atoms with Gasteiger partial charge in [0.25, 0.3) is 10.0 Å². The molecule has 3 aliphatic rings. The second kappa shape index (κ2) is 8.67. The van der Waals surface area contributed by atoms with Crippen molar-refractivity contribution in [2.45, 2.75) is 49.2 Å². The van der Waals surface area contributed by atoms with Crippen LogP contribution in [0.4, 0.5) is 0 Å². The van der Waals surface area contributed by atoms with Crippen LogP contribution in [0.25, 0.3) is 0 Å². The van der Waals surface area contributed by atoms with E-state index in [1.165, 1.54) is 18.1 Å². The molecule has 2 amide bonds. The van der Waals surface area contributed by atoms with E-state index in [0.29, 0.717) is 12.8 Å². The first kappa shape index (κ1) is 23.1. The van der Waals surface area contributed by atoms with Gasteiger partial charge >= 0.3 is 0 Å². The third-order valence-corrected chi connectivity index (χ3v) is 9.02. The van der Waals surface area contributed by atoms with Crippen LogP contribution >= 0.6 is 0 Å². The van der Waals surface area contributed by atoms with Gasteiger partial charge in [-0.25, -0.2) is 18.1 Å². The number of aryl methyl sites for hydroxylation is 2. The summed E-state index contributed by atoms with van der Waals surface area (Å²) >= 11 is 0. The van der Waals surface area contributed by atoms with E-state index in [2.05, 4.69) is 27.9 Å². The van der Waals surface area contributed by atoms with Crippen molar-refractivity contribution in [1.29, 1.82) is 0 Å². The van der Waals surface area contributed by atoms with E-state index in [1.54, 1.807) is 16.5 Å². The molecule has 4 atom stereocenters. The first-order chi connectivity index (χ1) is 17.3. The zero-order chi connectivity index (χ0) is 25.0. The fourth-order valence-corrected chi connectivity index (χ4v) is 6.77. The van der Waals surface area contributed by atoms with Gasteiger partial charge in [-0.05, 0) is 47.9 Å².